The molecule has 1 aliphatic rings. The van der Waals surface area contributed by atoms with E-state index >= 15 is 0 Å². The van der Waals surface area contributed by atoms with Crippen molar-refractivity contribution in [3.05, 3.63) is 58.6 Å². The predicted molar refractivity (Wildman–Crippen MR) is 125 cm³/mol. The fourth-order valence-electron chi connectivity index (χ4n) is 3.72. The van der Waals surface area contributed by atoms with Crippen molar-refractivity contribution in [2.24, 2.45) is 5.92 Å². The first kappa shape index (κ1) is 24.2. The van der Waals surface area contributed by atoms with Gasteiger partial charge in [0, 0.05) is 30.7 Å². The van der Waals surface area contributed by atoms with Gasteiger partial charge in [-0.05, 0) is 60.2 Å². The monoisotopic (exact) mass is 477 g/mol. The number of fused-ring (bicyclic) bond motifs is 1. The van der Waals surface area contributed by atoms with Crippen molar-refractivity contribution in [2.75, 3.05) is 11.4 Å². The predicted octanol–water partition coefficient (Wildman–Crippen LogP) is 3.26. The molecule has 0 saturated carbocycles. The number of halogens is 1. The zero-order valence-corrected chi connectivity index (χ0v) is 20.0. The van der Waals surface area contributed by atoms with Crippen LogP contribution >= 0.6 is 11.6 Å². The SMILES string of the molecule is CC(=O)N1CCc2cc(S(=O)(=O)NC(CC(C)C)C(=O)NCc3ccc(Cl)cc3)ccc21. The maximum Gasteiger partial charge on any atom is 0.241 e. The van der Waals surface area contributed by atoms with Crippen LogP contribution in [0.5, 0.6) is 0 Å². The van der Waals surface area contributed by atoms with Gasteiger partial charge in [-0.25, -0.2) is 8.42 Å². The van der Waals surface area contributed by atoms with Gasteiger partial charge >= 0.3 is 0 Å². The molecule has 1 atom stereocenters. The van der Waals surface area contributed by atoms with Crippen LogP contribution in [0.1, 0.15) is 38.3 Å². The van der Waals surface area contributed by atoms with Crippen LogP contribution in [-0.4, -0.2) is 32.8 Å². The molecule has 0 aromatic heterocycles. The standard InChI is InChI=1S/C23H28ClN3O4S/c1-15(2)12-21(23(29)25-14-17-4-6-19(24)7-5-17)26-32(30,31)20-8-9-22-18(13-20)10-11-27(22)16(3)28/h4-9,13,15,21,26H,10-12,14H2,1-3H3,(H,25,29). The molecule has 2 amide bonds. The second kappa shape index (κ2) is 10.0. The Morgan fingerprint density at radius 2 is 1.81 bits per heavy atom. The molecule has 0 fully saturated rings. The van der Waals surface area contributed by atoms with E-state index in [1.165, 1.54) is 13.0 Å². The molecule has 0 aliphatic carbocycles. The van der Waals surface area contributed by atoms with Crippen LogP contribution in [0.4, 0.5) is 5.69 Å². The number of nitrogens with zero attached hydrogens (tertiary/aromatic N) is 1. The summed E-state index contributed by atoms with van der Waals surface area (Å²) in [4.78, 5) is 26.3. The first-order chi connectivity index (χ1) is 15.1. The van der Waals surface area contributed by atoms with Gasteiger partial charge in [-0.1, -0.05) is 37.6 Å². The maximum atomic E-state index is 13.1. The number of amides is 2. The number of hydrogen-bond donors (Lipinski definition) is 2. The highest BCUT2D eigenvalue weighted by atomic mass is 35.5. The van der Waals surface area contributed by atoms with Gasteiger partial charge in [0.2, 0.25) is 21.8 Å². The lowest BCUT2D eigenvalue weighted by Crippen LogP contribution is -2.47. The largest absolute Gasteiger partial charge is 0.351 e. The van der Waals surface area contributed by atoms with Gasteiger partial charge < -0.3 is 10.2 Å². The van der Waals surface area contributed by atoms with E-state index in [0.29, 0.717) is 24.4 Å². The Labute approximate surface area is 194 Å². The third-order valence-corrected chi connectivity index (χ3v) is 7.06. The molecular weight excluding hydrogens is 450 g/mol. The van der Waals surface area contributed by atoms with E-state index in [-0.39, 0.29) is 29.2 Å². The fourth-order valence-corrected chi connectivity index (χ4v) is 5.11. The highest BCUT2D eigenvalue weighted by Crippen LogP contribution is 2.30. The smallest absolute Gasteiger partial charge is 0.241 e. The van der Waals surface area contributed by atoms with E-state index in [1.807, 2.05) is 13.8 Å². The average Bonchev–Trinajstić information content (AvgIpc) is 3.16. The zero-order chi connectivity index (χ0) is 23.5. The van der Waals surface area contributed by atoms with E-state index in [0.717, 1.165) is 16.8 Å². The molecule has 1 aliphatic heterocycles. The Morgan fingerprint density at radius 1 is 1.12 bits per heavy atom. The molecular formula is C23H28ClN3O4S. The Kier molecular flexibility index (Phi) is 7.59. The van der Waals surface area contributed by atoms with Crippen molar-refractivity contribution in [3.8, 4) is 0 Å². The summed E-state index contributed by atoms with van der Waals surface area (Å²) in [5, 5.41) is 3.41. The summed E-state index contributed by atoms with van der Waals surface area (Å²) in [7, 11) is -3.93. The maximum absolute atomic E-state index is 13.1. The summed E-state index contributed by atoms with van der Waals surface area (Å²) in [6.45, 7) is 6.15. The van der Waals surface area contributed by atoms with Gasteiger partial charge in [0.25, 0.3) is 0 Å². The Hall–Kier alpha value is -2.42. The highest BCUT2D eigenvalue weighted by molar-refractivity contribution is 7.89. The lowest BCUT2D eigenvalue weighted by atomic mass is 10.0. The van der Waals surface area contributed by atoms with Gasteiger partial charge in [0.15, 0.2) is 0 Å². The first-order valence-electron chi connectivity index (χ1n) is 10.5. The second-order valence-electron chi connectivity index (χ2n) is 8.36. The van der Waals surface area contributed by atoms with Crippen LogP contribution in [0.15, 0.2) is 47.4 Å². The van der Waals surface area contributed by atoms with Gasteiger partial charge in [-0.3, -0.25) is 9.59 Å². The molecule has 172 valence electrons. The molecule has 1 unspecified atom stereocenters. The normalized spacial score (nSPS) is 14.3. The van der Waals surface area contributed by atoms with E-state index in [4.69, 9.17) is 11.6 Å². The number of benzene rings is 2. The molecule has 0 saturated heterocycles. The number of carbonyl (C=O) groups excluding carboxylic acids is 2. The Bertz CT molecular complexity index is 1100. The molecule has 2 aromatic carbocycles. The van der Waals surface area contributed by atoms with Crippen LogP contribution in [0.3, 0.4) is 0 Å². The quantitative estimate of drug-likeness (QED) is 0.610. The Morgan fingerprint density at radius 3 is 2.44 bits per heavy atom. The van der Waals surface area contributed by atoms with E-state index in [9.17, 15) is 18.0 Å². The van der Waals surface area contributed by atoms with Crippen LogP contribution in [-0.2, 0) is 32.6 Å². The summed E-state index contributed by atoms with van der Waals surface area (Å²) >= 11 is 5.89. The molecule has 0 bridgehead atoms. The molecule has 2 N–H and O–H groups in total. The van der Waals surface area contributed by atoms with Crippen molar-refractivity contribution in [1.29, 1.82) is 0 Å². The third kappa shape index (κ3) is 5.88. The summed E-state index contributed by atoms with van der Waals surface area (Å²) in [6, 6.07) is 10.9. The summed E-state index contributed by atoms with van der Waals surface area (Å²) in [5.41, 5.74) is 2.40. The molecule has 2 aromatic rings. The zero-order valence-electron chi connectivity index (χ0n) is 18.4. The van der Waals surface area contributed by atoms with Crippen molar-refractivity contribution in [3.63, 3.8) is 0 Å². The van der Waals surface area contributed by atoms with Crippen LogP contribution in [0, 0.1) is 5.92 Å². The van der Waals surface area contributed by atoms with Gasteiger partial charge in [-0.15, -0.1) is 0 Å². The average molecular weight is 478 g/mol. The van der Waals surface area contributed by atoms with Gasteiger partial charge in [-0.2, -0.15) is 4.72 Å². The molecule has 0 spiro atoms. The second-order valence-corrected chi connectivity index (χ2v) is 10.5. The van der Waals surface area contributed by atoms with Crippen LogP contribution < -0.4 is 14.9 Å². The lowest BCUT2D eigenvalue weighted by Gasteiger charge is -2.21. The minimum Gasteiger partial charge on any atom is -0.351 e. The molecule has 3 rings (SSSR count). The van der Waals surface area contributed by atoms with Crippen molar-refractivity contribution >= 4 is 39.1 Å². The summed E-state index contributed by atoms with van der Waals surface area (Å²) in [6.07, 6.45) is 0.948. The van der Waals surface area contributed by atoms with Crippen molar-refractivity contribution < 1.29 is 18.0 Å². The molecule has 7 nitrogen and oxygen atoms in total. The Balaban J connectivity index is 1.74. The lowest BCUT2D eigenvalue weighted by molar-refractivity contribution is -0.123. The van der Waals surface area contributed by atoms with Crippen molar-refractivity contribution in [1.82, 2.24) is 10.0 Å². The number of sulfonamides is 1. The number of hydrogen-bond acceptors (Lipinski definition) is 4. The fraction of sp³-hybridized carbons (Fsp3) is 0.391. The molecule has 9 heteroatoms. The van der Waals surface area contributed by atoms with E-state index < -0.39 is 16.1 Å². The minimum absolute atomic E-state index is 0.0770. The molecule has 1 heterocycles. The van der Waals surface area contributed by atoms with Crippen LogP contribution in [0.2, 0.25) is 5.02 Å². The highest BCUT2D eigenvalue weighted by Gasteiger charge is 2.29. The van der Waals surface area contributed by atoms with E-state index in [2.05, 4.69) is 10.0 Å². The number of carbonyl (C=O) groups is 2. The number of anilines is 1. The van der Waals surface area contributed by atoms with Gasteiger partial charge in [0.1, 0.15) is 6.04 Å². The molecule has 32 heavy (non-hydrogen) atoms. The first-order valence-corrected chi connectivity index (χ1v) is 12.4. The van der Waals surface area contributed by atoms with Crippen LogP contribution in [0.25, 0.3) is 0 Å². The summed E-state index contributed by atoms with van der Waals surface area (Å²) < 4.78 is 28.7. The van der Waals surface area contributed by atoms with Crippen molar-refractivity contribution in [2.45, 2.75) is 51.1 Å². The third-order valence-electron chi connectivity index (χ3n) is 5.34. The number of rotatable bonds is 8. The number of nitrogens with one attached hydrogen (secondary N) is 2. The minimum atomic E-state index is -3.93. The van der Waals surface area contributed by atoms with Gasteiger partial charge in [0.05, 0.1) is 4.90 Å². The molecule has 0 radical (unpaired) electrons. The summed E-state index contributed by atoms with van der Waals surface area (Å²) in [5.74, 6) is -0.360. The van der Waals surface area contributed by atoms with E-state index in [1.54, 1.807) is 41.3 Å². The topological polar surface area (TPSA) is 95.6 Å².